The monoisotopic (exact) mass is 510 g/mol. The minimum Gasteiger partial charge on any atom is -0.272 e. The van der Waals surface area contributed by atoms with Crippen molar-refractivity contribution in [2.45, 2.75) is 72.0 Å². The van der Waals surface area contributed by atoms with Crippen molar-refractivity contribution in [3.8, 4) is 22.3 Å². The van der Waals surface area contributed by atoms with Crippen LogP contribution in [0.5, 0.6) is 0 Å². The minimum atomic E-state index is -4.31. The van der Waals surface area contributed by atoms with E-state index in [4.69, 9.17) is 4.98 Å². The van der Waals surface area contributed by atoms with Crippen LogP contribution < -0.4 is 0 Å². The average Bonchev–Trinajstić information content (AvgIpc) is 3.41. The van der Waals surface area contributed by atoms with Crippen LogP contribution in [0.2, 0.25) is 0 Å². The van der Waals surface area contributed by atoms with Gasteiger partial charge < -0.3 is 0 Å². The molecule has 1 atom stereocenters. The quantitative estimate of drug-likeness (QED) is 0.262. The Kier molecular flexibility index (Phi) is 7.52. The molecule has 0 aromatic carbocycles. The number of pyridine rings is 2. The SMILES string of the molecule is Cc1cc(-c2cnn(C)c2CCC(C)c2cc(-c3cnn(CC(F)(F)F)c3)cc(C)n2)cc(C(C)C)n1. The van der Waals surface area contributed by atoms with Crippen molar-refractivity contribution in [1.82, 2.24) is 29.5 Å². The van der Waals surface area contributed by atoms with Crippen LogP contribution in [0, 0.1) is 13.8 Å². The molecule has 4 aromatic rings. The van der Waals surface area contributed by atoms with Crippen molar-refractivity contribution >= 4 is 0 Å². The molecule has 4 aromatic heterocycles. The van der Waals surface area contributed by atoms with Gasteiger partial charge >= 0.3 is 6.18 Å². The summed E-state index contributed by atoms with van der Waals surface area (Å²) in [6.07, 6.45) is 2.16. The van der Waals surface area contributed by atoms with Gasteiger partial charge in [-0.05, 0) is 73.9 Å². The van der Waals surface area contributed by atoms with E-state index in [1.54, 1.807) is 0 Å². The third-order valence-electron chi connectivity index (χ3n) is 6.54. The first-order chi connectivity index (χ1) is 17.4. The lowest BCUT2D eigenvalue weighted by atomic mass is 9.94. The van der Waals surface area contributed by atoms with Crippen LogP contribution in [0.25, 0.3) is 22.3 Å². The number of nitrogens with zero attached hydrogens (tertiary/aromatic N) is 6. The average molecular weight is 511 g/mol. The zero-order valence-corrected chi connectivity index (χ0v) is 22.1. The van der Waals surface area contributed by atoms with Crippen LogP contribution >= 0.6 is 0 Å². The Labute approximate surface area is 215 Å². The number of aromatic nitrogens is 6. The zero-order chi connectivity index (χ0) is 26.9. The molecular weight excluding hydrogens is 477 g/mol. The van der Waals surface area contributed by atoms with E-state index in [-0.39, 0.29) is 5.92 Å². The van der Waals surface area contributed by atoms with E-state index >= 15 is 0 Å². The second kappa shape index (κ2) is 10.5. The first-order valence-corrected chi connectivity index (χ1v) is 12.5. The summed E-state index contributed by atoms with van der Waals surface area (Å²) in [7, 11) is 1.96. The van der Waals surface area contributed by atoms with Gasteiger partial charge in [0.2, 0.25) is 0 Å². The van der Waals surface area contributed by atoms with Crippen molar-refractivity contribution in [2.24, 2.45) is 7.05 Å². The van der Waals surface area contributed by atoms with Crippen molar-refractivity contribution in [1.29, 1.82) is 0 Å². The highest BCUT2D eigenvalue weighted by Crippen LogP contribution is 2.31. The number of hydrogen-bond donors (Lipinski definition) is 0. The topological polar surface area (TPSA) is 61.4 Å². The molecule has 0 N–H and O–H groups in total. The summed E-state index contributed by atoms with van der Waals surface area (Å²) in [4.78, 5) is 9.41. The maximum Gasteiger partial charge on any atom is 0.408 e. The van der Waals surface area contributed by atoms with Gasteiger partial charge in [-0.25, -0.2) is 0 Å². The number of aryl methyl sites for hydroxylation is 3. The second-order valence-electron chi connectivity index (χ2n) is 10.1. The fraction of sp³-hybridized carbons (Fsp3) is 0.429. The third kappa shape index (κ3) is 6.45. The molecule has 0 radical (unpaired) electrons. The lowest BCUT2D eigenvalue weighted by molar-refractivity contribution is -0.142. The summed E-state index contributed by atoms with van der Waals surface area (Å²) in [5.41, 5.74) is 8.61. The van der Waals surface area contributed by atoms with Gasteiger partial charge in [0.1, 0.15) is 6.54 Å². The summed E-state index contributed by atoms with van der Waals surface area (Å²) >= 11 is 0. The Morgan fingerprint density at radius 3 is 2.16 bits per heavy atom. The standard InChI is InChI=1S/C28H33F3N6/c1-17(2)25-12-22(10-20(5)34-25)24-14-32-36(6)27(24)8-7-18(3)26-11-21(9-19(4)35-26)23-13-33-37(15-23)16-28(29,30)31/h9-15,17-18H,7-8,16H2,1-6H3. The lowest BCUT2D eigenvalue weighted by Crippen LogP contribution is -2.17. The van der Waals surface area contributed by atoms with Crippen LogP contribution in [0.15, 0.2) is 42.9 Å². The van der Waals surface area contributed by atoms with Crippen LogP contribution in [-0.4, -0.2) is 35.7 Å². The number of rotatable bonds is 8. The predicted molar refractivity (Wildman–Crippen MR) is 138 cm³/mol. The maximum atomic E-state index is 12.7. The number of halogens is 3. The first kappa shape index (κ1) is 26.6. The zero-order valence-electron chi connectivity index (χ0n) is 22.1. The van der Waals surface area contributed by atoms with Gasteiger partial charge in [-0.15, -0.1) is 0 Å². The van der Waals surface area contributed by atoms with Gasteiger partial charge in [0, 0.05) is 52.8 Å². The van der Waals surface area contributed by atoms with E-state index in [1.165, 1.54) is 12.4 Å². The molecule has 1 unspecified atom stereocenters. The predicted octanol–water partition coefficient (Wildman–Crippen LogP) is 6.78. The fourth-order valence-electron chi connectivity index (χ4n) is 4.54. The third-order valence-corrected chi connectivity index (χ3v) is 6.54. The van der Waals surface area contributed by atoms with E-state index in [0.717, 1.165) is 62.7 Å². The van der Waals surface area contributed by atoms with Crippen LogP contribution in [-0.2, 0) is 20.0 Å². The summed E-state index contributed by atoms with van der Waals surface area (Å²) in [6.45, 7) is 9.22. The molecule has 0 saturated heterocycles. The molecule has 37 heavy (non-hydrogen) atoms. The van der Waals surface area contributed by atoms with Gasteiger partial charge in [0.15, 0.2) is 0 Å². The summed E-state index contributed by atoms with van der Waals surface area (Å²) in [5.74, 6) is 0.470. The highest BCUT2D eigenvalue weighted by molar-refractivity contribution is 5.66. The normalized spacial score (nSPS) is 12.9. The Morgan fingerprint density at radius 2 is 1.49 bits per heavy atom. The molecule has 0 spiro atoms. The fourth-order valence-corrected chi connectivity index (χ4v) is 4.54. The van der Waals surface area contributed by atoms with E-state index in [0.29, 0.717) is 11.5 Å². The van der Waals surface area contributed by atoms with Crippen LogP contribution in [0.4, 0.5) is 13.2 Å². The Hall–Kier alpha value is -3.49. The molecule has 0 aliphatic heterocycles. The number of hydrogen-bond acceptors (Lipinski definition) is 4. The lowest BCUT2D eigenvalue weighted by Gasteiger charge is -2.15. The molecule has 0 bridgehead atoms. The molecule has 0 saturated carbocycles. The maximum absolute atomic E-state index is 12.7. The van der Waals surface area contributed by atoms with Gasteiger partial charge in [0.25, 0.3) is 0 Å². The van der Waals surface area contributed by atoms with Gasteiger partial charge in [-0.1, -0.05) is 20.8 Å². The number of alkyl halides is 3. The van der Waals surface area contributed by atoms with Crippen molar-refractivity contribution in [3.05, 3.63) is 71.3 Å². The van der Waals surface area contributed by atoms with Gasteiger partial charge in [0.05, 0.1) is 12.4 Å². The van der Waals surface area contributed by atoms with Crippen LogP contribution in [0.1, 0.15) is 67.5 Å². The molecule has 0 aliphatic rings. The molecular formula is C28H33F3N6. The summed E-state index contributed by atoms with van der Waals surface area (Å²) in [5, 5.41) is 8.42. The molecule has 196 valence electrons. The molecule has 0 fully saturated rings. The smallest absolute Gasteiger partial charge is 0.272 e. The Balaban J connectivity index is 1.54. The van der Waals surface area contributed by atoms with Crippen molar-refractivity contribution in [3.63, 3.8) is 0 Å². The minimum absolute atomic E-state index is 0.136. The summed E-state index contributed by atoms with van der Waals surface area (Å²) < 4.78 is 41.1. The molecule has 0 aliphatic carbocycles. The largest absolute Gasteiger partial charge is 0.408 e. The van der Waals surface area contributed by atoms with E-state index in [2.05, 4.69) is 48.1 Å². The highest BCUT2D eigenvalue weighted by Gasteiger charge is 2.28. The second-order valence-corrected chi connectivity index (χ2v) is 10.1. The summed E-state index contributed by atoms with van der Waals surface area (Å²) in [6, 6.07) is 8.08. The first-order valence-electron chi connectivity index (χ1n) is 12.5. The highest BCUT2D eigenvalue weighted by atomic mass is 19.4. The van der Waals surface area contributed by atoms with E-state index in [9.17, 15) is 13.2 Å². The van der Waals surface area contributed by atoms with Crippen molar-refractivity contribution in [2.75, 3.05) is 0 Å². The van der Waals surface area contributed by atoms with E-state index in [1.807, 2.05) is 43.9 Å². The molecule has 9 heteroatoms. The molecule has 0 amide bonds. The molecule has 4 rings (SSSR count). The Morgan fingerprint density at radius 1 is 0.838 bits per heavy atom. The Bertz CT molecular complexity index is 1380. The van der Waals surface area contributed by atoms with E-state index < -0.39 is 12.7 Å². The molecule has 4 heterocycles. The van der Waals surface area contributed by atoms with Crippen LogP contribution in [0.3, 0.4) is 0 Å². The van der Waals surface area contributed by atoms with Crippen molar-refractivity contribution < 1.29 is 13.2 Å². The van der Waals surface area contributed by atoms with Gasteiger partial charge in [-0.3, -0.25) is 19.3 Å². The molecule has 6 nitrogen and oxygen atoms in total. The van der Waals surface area contributed by atoms with Gasteiger partial charge in [-0.2, -0.15) is 23.4 Å².